The zero-order chi connectivity index (χ0) is 14.9. The van der Waals surface area contributed by atoms with Crippen LogP contribution in [-0.4, -0.2) is 28.6 Å². The lowest BCUT2D eigenvalue weighted by Crippen LogP contribution is -2.40. The van der Waals surface area contributed by atoms with Crippen molar-refractivity contribution in [2.45, 2.75) is 25.4 Å². The highest BCUT2D eigenvalue weighted by Gasteiger charge is 2.28. The summed E-state index contributed by atoms with van der Waals surface area (Å²) in [7, 11) is 0. The van der Waals surface area contributed by atoms with Gasteiger partial charge in [0.25, 0.3) is 5.91 Å². The first-order valence-corrected chi connectivity index (χ1v) is 7.33. The highest BCUT2D eigenvalue weighted by Crippen LogP contribution is 2.31. The average molecular weight is 297 g/mol. The average Bonchev–Trinajstić information content (AvgIpc) is 3.04. The molecule has 1 amide bonds. The van der Waals surface area contributed by atoms with E-state index in [0.717, 1.165) is 30.5 Å². The molecule has 0 saturated heterocycles. The molecule has 0 spiro atoms. The highest BCUT2D eigenvalue weighted by atomic mass is 16.6. The lowest BCUT2D eigenvalue weighted by atomic mass is 10.2. The fourth-order valence-electron chi connectivity index (χ4n) is 2.81. The van der Waals surface area contributed by atoms with Gasteiger partial charge in [0.05, 0.1) is 0 Å². The van der Waals surface area contributed by atoms with E-state index < -0.39 is 6.10 Å². The van der Waals surface area contributed by atoms with Crippen LogP contribution in [0, 0.1) is 0 Å². The Bertz CT molecular complexity index is 732. The largest absolute Gasteiger partial charge is 0.485 e. The van der Waals surface area contributed by atoms with Crippen LogP contribution in [0.1, 0.15) is 17.7 Å². The van der Waals surface area contributed by atoms with Gasteiger partial charge in [-0.1, -0.05) is 12.1 Å². The summed E-state index contributed by atoms with van der Waals surface area (Å²) < 4.78 is 11.3. The molecule has 6 nitrogen and oxygen atoms in total. The number of para-hydroxylation sites is 2. The predicted octanol–water partition coefficient (Wildman–Crippen LogP) is 1.74. The standard InChI is InChI=1S/C16H15N3O3/c20-16(14-8-21-12-6-1-2-7-13(12)22-14)19-15-10-4-3-5-11(10)17-9-18-15/h1-2,6-7,9,14H,3-5,8H2,(H,17,18,19,20). The molecule has 1 aromatic carbocycles. The normalized spacial score (nSPS) is 18.6. The van der Waals surface area contributed by atoms with Crippen LogP contribution < -0.4 is 14.8 Å². The molecule has 2 aromatic rings. The molecule has 1 aliphatic carbocycles. The summed E-state index contributed by atoms with van der Waals surface area (Å²) in [5.74, 6) is 1.59. The van der Waals surface area contributed by atoms with Crippen molar-refractivity contribution in [1.82, 2.24) is 9.97 Å². The minimum Gasteiger partial charge on any atom is -0.485 e. The molecule has 6 heteroatoms. The molecule has 1 N–H and O–H groups in total. The number of hydrogen-bond donors (Lipinski definition) is 1. The number of benzene rings is 1. The van der Waals surface area contributed by atoms with Crippen molar-refractivity contribution < 1.29 is 14.3 Å². The van der Waals surface area contributed by atoms with Crippen molar-refractivity contribution in [3.8, 4) is 11.5 Å². The summed E-state index contributed by atoms with van der Waals surface area (Å²) in [6, 6.07) is 7.32. The number of nitrogens with zero attached hydrogens (tertiary/aromatic N) is 2. The molecule has 1 aliphatic heterocycles. The Morgan fingerprint density at radius 1 is 1.18 bits per heavy atom. The zero-order valence-electron chi connectivity index (χ0n) is 11.9. The zero-order valence-corrected chi connectivity index (χ0v) is 11.9. The summed E-state index contributed by atoms with van der Waals surface area (Å²) in [6.45, 7) is 0.191. The smallest absolute Gasteiger partial charge is 0.270 e. The van der Waals surface area contributed by atoms with Gasteiger partial charge in [0, 0.05) is 11.3 Å². The van der Waals surface area contributed by atoms with E-state index in [0.29, 0.717) is 17.3 Å². The van der Waals surface area contributed by atoms with Gasteiger partial charge in [-0.25, -0.2) is 9.97 Å². The van der Waals surface area contributed by atoms with Gasteiger partial charge in [-0.3, -0.25) is 4.79 Å². The SMILES string of the molecule is O=C(Nc1ncnc2c1CCC2)C1COc2ccccc2O1. The number of nitrogens with one attached hydrogen (secondary N) is 1. The van der Waals surface area contributed by atoms with Crippen molar-refractivity contribution in [2.24, 2.45) is 0 Å². The second-order valence-electron chi connectivity index (χ2n) is 5.35. The first-order chi connectivity index (χ1) is 10.8. The van der Waals surface area contributed by atoms with E-state index in [2.05, 4.69) is 15.3 Å². The van der Waals surface area contributed by atoms with Crippen molar-refractivity contribution >= 4 is 11.7 Å². The van der Waals surface area contributed by atoms with Crippen LogP contribution >= 0.6 is 0 Å². The van der Waals surface area contributed by atoms with Gasteiger partial charge >= 0.3 is 0 Å². The van der Waals surface area contributed by atoms with Gasteiger partial charge in [0.2, 0.25) is 6.10 Å². The fraction of sp³-hybridized carbons (Fsp3) is 0.312. The van der Waals surface area contributed by atoms with Gasteiger partial charge in [-0.05, 0) is 31.4 Å². The minimum absolute atomic E-state index is 0.191. The summed E-state index contributed by atoms with van der Waals surface area (Å²) in [4.78, 5) is 20.8. The number of fused-ring (bicyclic) bond motifs is 2. The van der Waals surface area contributed by atoms with Crippen LogP contribution in [0.15, 0.2) is 30.6 Å². The molecular formula is C16H15N3O3. The molecule has 0 fully saturated rings. The van der Waals surface area contributed by atoms with Crippen LogP contribution in [0.2, 0.25) is 0 Å². The molecule has 1 aromatic heterocycles. The number of aromatic nitrogens is 2. The van der Waals surface area contributed by atoms with E-state index in [1.165, 1.54) is 6.33 Å². The molecule has 22 heavy (non-hydrogen) atoms. The highest BCUT2D eigenvalue weighted by molar-refractivity contribution is 5.94. The number of carbonyl (C=O) groups excluding carboxylic acids is 1. The third-order valence-corrected chi connectivity index (χ3v) is 3.92. The van der Waals surface area contributed by atoms with Gasteiger partial charge in [0.15, 0.2) is 11.5 Å². The van der Waals surface area contributed by atoms with E-state index in [1.54, 1.807) is 6.07 Å². The second kappa shape index (κ2) is 5.29. The van der Waals surface area contributed by atoms with Gasteiger partial charge in [0.1, 0.15) is 18.8 Å². The predicted molar refractivity (Wildman–Crippen MR) is 79.0 cm³/mol. The van der Waals surface area contributed by atoms with Crippen molar-refractivity contribution in [1.29, 1.82) is 0 Å². The summed E-state index contributed by atoms with van der Waals surface area (Å²) in [5, 5.41) is 2.85. The third-order valence-electron chi connectivity index (χ3n) is 3.92. The third kappa shape index (κ3) is 2.26. The van der Waals surface area contributed by atoms with Gasteiger partial charge in [-0.15, -0.1) is 0 Å². The maximum atomic E-state index is 12.4. The molecule has 2 heterocycles. The van der Waals surface area contributed by atoms with Crippen LogP contribution in [0.4, 0.5) is 5.82 Å². The first kappa shape index (κ1) is 13.1. The van der Waals surface area contributed by atoms with Crippen molar-refractivity contribution in [3.63, 3.8) is 0 Å². The maximum absolute atomic E-state index is 12.4. The molecule has 2 aliphatic rings. The number of carbonyl (C=O) groups is 1. The minimum atomic E-state index is -0.679. The van der Waals surface area contributed by atoms with E-state index in [4.69, 9.17) is 9.47 Å². The molecule has 0 saturated carbocycles. The lowest BCUT2D eigenvalue weighted by Gasteiger charge is -2.25. The van der Waals surface area contributed by atoms with Crippen molar-refractivity contribution in [2.75, 3.05) is 11.9 Å². The molecule has 4 rings (SSSR count). The molecule has 112 valence electrons. The molecule has 1 atom stereocenters. The lowest BCUT2D eigenvalue weighted by molar-refractivity contribution is -0.125. The number of rotatable bonds is 2. The number of aryl methyl sites for hydroxylation is 1. The Labute approximate surface area is 127 Å². The van der Waals surface area contributed by atoms with E-state index in [9.17, 15) is 4.79 Å². The van der Waals surface area contributed by atoms with Gasteiger partial charge in [-0.2, -0.15) is 0 Å². The maximum Gasteiger partial charge on any atom is 0.270 e. The van der Waals surface area contributed by atoms with Crippen molar-refractivity contribution in [3.05, 3.63) is 41.9 Å². The van der Waals surface area contributed by atoms with Crippen LogP contribution in [0.5, 0.6) is 11.5 Å². The Morgan fingerprint density at radius 2 is 2.05 bits per heavy atom. The number of hydrogen-bond acceptors (Lipinski definition) is 5. The monoisotopic (exact) mass is 297 g/mol. The van der Waals surface area contributed by atoms with E-state index >= 15 is 0 Å². The Kier molecular flexibility index (Phi) is 3.14. The summed E-state index contributed by atoms with van der Waals surface area (Å²) >= 11 is 0. The molecular weight excluding hydrogens is 282 g/mol. The van der Waals surface area contributed by atoms with Crippen LogP contribution in [0.3, 0.4) is 0 Å². The summed E-state index contributed by atoms with van der Waals surface area (Å²) in [6.07, 6.45) is 3.70. The Balaban J connectivity index is 1.51. The topological polar surface area (TPSA) is 73.3 Å². The quantitative estimate of drug-likeness (QED) is 0.914. The Hall–Kier alpha value is -2.63. The summed E-state index contributed by atoms with van der Waals surface area (Å²) in [5.41, 5.74) is 2.06. The number of ether oxygens (including phenoxy) is 2. The fourth-order valence-corrected chi connectivity index (χ4v) is 2.81. The van der Waals surface area contributed by atoms with E-state index in [-0.39, 0.29) is 12.5 Å². The molecule has 0 bridgehead atoms. The number of amides is 1. The van der Waals surface area contributed by atoms with E-state index in [1.807, 2.05) is 18.2 Å². The van der Waals surface area contributed by atoms with Gasteiger partial charge < -0.3 is 14.8 Å². The molecule has 1 unspecified atom stereocenters. The first-order valence-electron chi connectivity index (χ1n) is 7.33. The van der Waals surface area contributed by atoms with Crippen LogP contribution in [-0.2, 0) is 17.6 Å². The van der Waals surface area contributed by atoms with Crippen LogP contribution in [0.25, 0.3) is 0 Å². The Morgan fingerprint density at radius 3 is 2.95 bits per heavy atom. The second-order valence-corrected chi connectivity index (χ2v) is 5.35. The number of anilines is 1. The molecule has 0 radical (unpaired) electrons.